The Labute approximate surface area is 87.5 Å². The van der Waals surface area contributed by atoms with Crippen LogP contribution >= 0.6 is 0 Å². The van der Waals surface area contributed by atoms with E-state index in [1.165, 1.54) is 0 Å². The second kappa shape index (κ2) is 4.96. The molecule has 5 heteroatoms. The summed E-state index contributed by atoms with van der Waals surface area (Å²) in [7, 11) is 0. The van der Waals surface area contributed by atoms with Crippen molar-refractivity contribution in [3.8, 4) is 6.07 Å². The Morgan fingerprint density at radius 3 is 3.00 bits per heavy atom. The van der Waals surface area contributed by atoms with E-state index in [1.54, 1.807) is 19.1 Å². The fraction of sp³-hybridized carbons (Fsp3) is 0.300. The number of nitrogens with zero attached hydrogens (tertiary/aromatic N) is 2. The molecule has 0 unspecified atom stereocenters. The quantitative estimate of drug-likeness (QED) is 0.731. The molecule has 5 nitrogen and oxygen atoms in total. The molecule has 0 aliphatic heterocycles. The zero-order valence-corrected chi connectivity index (χ0v) is 8.36. The number of hydrogen-bond donors (Lipinski definition) is 1. The SMILES string of the molecule is CCOC(=O)Cc1ccc(N)nc1C#N. The maximum atomic E-state index is 11.2. The van der Waals surface area contributed by atoms with E-state index in [9.17, 15) is 4.79 Å². The van der Waals surface area contributed by atoms with Gasteiger partial charge < -0.3 is 10.5 Å². The van der Waals surface area contributed by atoms with Crippen LogP contribution in [0.25, 0.3) is 0 Å². The molecule has 0 saturated heterocycles. The zero-order chi connectivity index (χ0) is 11.3. The number of carbonyl (C=O) groups excluding carboxylic acids is 1. The summed E-state index contributed by atoms with van der Waals surface area (Å²) in [4.78, 5) is 15.0. The van der Waals surface area contributed by atoms with Crippen molar-refractivity contribution in [2.45, 2.75) is 13.3 Å². The average Bonchev–Trinajstić information content (AvgIpc) is 2.21. The van der Waals surface area contributed by atoms with Gasteiger partial charge in [-0.3, -0.25) is 4.79 Å². The number of esters is 1. The van der Waals surface area contributed by atoms with Gasteiger partial charge in [0.25, 0.3) is 0 Å². The fourth-order valence-electron chi connectivity index (χ4n) is 1.11. The lowest BCUT2D eigenvalue weighted by atomic mass is 10.1. The van der Waals surface area contributed by atoms with Crippen molar-refractivity contribution in [1.29, 1.82) is 5.26 Å². The molecule has 1 aromatic heterocycles. The second-order valence-corrected chi connectivity index (χ2v) is 2.84. The summed E-state index contributed by atoms with van der Waals surface area (Å²) in [6.45, 7) is 2.05. The molecule has 0 saturated carbocycles. The topological polar surface area (TPSA) is 89.0 Å². The number of pyridine rings is 1. The van der Waals surface area contributed by atoms with Crippen LogP contribution < -0.4 is 5.73 Å². The molecule has 0 fully saturated rings. The summed E-state index contributed by atoms with van der Waals surface area (Å²) in [5.41, 5.74) is 6.12. The molecule has 0 bridgehead atoms. The number of rotatable bonds is 3. The number of nitrogens with two attached hydrogens (primary N) is 1. The number of nitrogen functional groups attached to an aromatic ring is 1. The maximum Gasteiger partial charge on any atom is 0.310 e. The van der Waals surface area contributed by atoms with Gasteiger partial charge in [-0.25, -0.2) is 4.98 Å². The molecule has 0 spiro atoms. The highest BCUT2D eigenvalue weighted by molar-refractivity contribution is 5.73. The van der Waals surface area contributed by atoms with Gasteiger partial charge in [-0.2, -0.15) is 5.26 Å². The van der Waals surface area contributed by atoms with Gasteiger partial charge in [-0.15, -0.1) is 0 Å². The Morgan fingerprint density at radius 1 is 1.67 bits per heavy atom. The highest BCUT2D eigenvalue weighted by Gasteiger charge is 2.09. The number of hydrogen-bond acceptors (Lipinski definition) is 5. The van der Waals surface area contributed by atoms with Crippen LogP contribution in [0, 0.1) is 11.3 Å². The van der Waals surface area contributed by atoms with Crippen molar-refractivity contribution in [1.82, 2.24) is 4.98 Å². The molecule has 0 aliphatic carbocycles. The lowest BCUT2D eigenvalue weighted by Gasteiger charge is -2.03. The normalized spacial score (nSPS) is 9.33. The Balaban J connectivity index is 2.86. The minimum Gasteiger partial charge on any atom is -0.466 e. The molecule has 0 radical (unpaired) electrons. The first-order valence-electron chi connectivity index (χ1n) is 4.48. The van der Waals surface area contributed by atoms with Crippen molar-refractivity contribution in [3.05, 3.63) is 23.4 Å². The Morgan fingerprint density at radius 2 is 2.40 bits per heavy atom. The minimum absolute atomic E-state index is 0.0456. The minimum atomic E-state index is -0.374. The van der Waals surface area contributed by atoms with E-state index < -0.39 is 0 Å². The van der Waals surface area contributed by atoms with Crippen LogP contribution in [0.1, 0.15) is 18.2 Å². The Hall–Kier alpha value is -2.09. The third-order valence-corrected chi connectivity index (χ3v) is 1.75. The second-order valence-electron chi connectivity index (χ2n) is 2.84. The lowest BCUT2D eigenvalue weighted by Crippen LogP contribution is -2.09. The Kier molecular flexibility index (Phi) is 3.63. The third-order valence-electron chi connectivity index (χ3n) is 1.75. The highest BCUT2D eigenvalue weighted by atomic mass is 16.5. The Bertz CT molecular complexity index is 410. The number of anilines is 1. The van der Waals surface area contributed by atoms with Crippen LogP contribution in [0.3, 0.4) is 0 Å². The molecule has 0 atom stereocenters. The molecule has 1 aromatic rings. The van der Waals surface area contributed by atoms with Gasteiger partial charge >= 0.3 is 5.97 Å². The number of ether oxygens (including phenoxy) is 1. The van der Waals surface area contributed by atoms with E-state index in [0.717, 1.165) is 0 Å². The van der Waals surface area contributed by atoms with Gasteiger partial charge in [-0.1, -0.05) is 6.07 Å². The summed E-state index contributed by atoms with van der Waals surface area (Å²) >= 11 is 0. The monoisotopic (exact) mass is 205 g/mol. The molecule has 1 heterocycles. The first kappa shape index (κ1) is 11.0. The molecule has 78 valence electrons. The smallest absolute Gasteiger partial charge is 0.310 e. The number of carbonyl (C=O) groups is 1. The number of aromatic nitrogens is 1. The van der Waals surface area contributed by atoms with Crippen molar-refractivity contribution in [2.24, 2.45) is 0 Å². The van der Waals surface area contributed by atoms with Crippen LogP contribution in [0.5, 0.6) is 0 Å². The van der Waals surface area contributed by atoms with E-state index in [4.69, 9.17) is 15.7 Å². The summed E-state index contributed by atoms with van der Waals surface area (Å²) in [6, 6.07) is 5.04. The molecule has 0 amide bonds. The van der Waals surface area contributed by atoms with Gasteiger partial charge in [-0.05, 0) is 18.6 Å². The fourth-order valence-corrected chi connectivity index (χ4v) is 1.11. The summed E-state index contributed by atoms with van der Waals surface area (Å²) in [5.74, 6) is -0.111. The van der Waals surface area contributed by atoms with Gasteiger partial charge in [0, 0.05) is 0 Å². The predicted molar refractivity (Wildman–Crippen MR) is 53.7 cm³/mol. The molecule has 0 aromatic carbocycles. The van der Waals surface area contributed by atoms with Gasteiger partial charge in [0.05, 0.1) is 13.0 Å². The zero-order valence-electron chi connectivity index (χ0n) is 8.36. The van der Waals surface area contributed by atoms with E-state index in [-0.39, 0.29) is 23.9 Å². The molecular formula is C10H11N3O2. The lowest BCUT2D eigenvalue weighted by molar-refractivity contribution is -0.142. The van der Waals surface area contributed by atoms with Gasteiger partial charge in [0.15, 0.2) is 0 Å². The average molecular weight is 205 g/mol. The summed E-state index contributed by atoms with van der Waals surface area (Å²) in [6.07, 6.45) is 0.0456. The van der Waals surface area contributed by atoms with Crippen LogP contribution in [0.15, 0.2) is 12.1 Å². The first-order chi connectivity index (χ1) is 7.17. The molecular weight excluding hydrogens is 194 g/mol. The van der Waals surface area contributed by atoms with E-state index in [0.29, 0.717) is 12.2 Å². The van der Waals surface area contributed by atoms with Crippen LogP contribution in [-0.2, 0) is 16.0 Å². The highest BCUT2D eigenvalue weighted by Crippen LogP contribution is 2.09. The van der Waals surface area contributed by atoms with Crippen LogP contribution in [0.4, 0.5) is 5.82 Å². The van der Waals surface area contributed by atoms with Crippen LogP contribution in [0.2, 0.25) is 0 Å². The standard InChI is InChI=1S/C10H11N3O2/c1-2-15-10(14)5-7-3-4-9(12)13-8(7)6-11/h3-4H,2,5H2,1H3,(H2,12,13). The first-order valence-corrected chi connectivity index (χ1v) is 4.48. The van der Waals surface area contributed by atoms with Gasteiger partial charge in [0.2, 0.25) is 0 Å². The predicted octanol–water partition coefficient (Wildman–Crippen LogP) is 0.641. The van der Waals surface area contributed by atoms with Crippen molar-refractivity contribution < 1.29 is 9.53 Å². The number of nitriles is 1. The van der Waals surface area contributed by atoms with Crippen LogP contribution in [-0.4, -0.2) is 17.6 Å². The van der Waals surface area contributed by atoms with E-state index >= 15 is 0 Å². The summed E-state index contributed by atoms with van der Waals surface area (Å²) < 4.78 is 4.77. The van der Waals surface area contributed by atoms with Crippen molar-refractivity contribution >= 4 is 11.8 Å². The van der Waals surface area contributed by atoms with Gasteiger partial charge in [0.1, 0.15) is 17.6 Å². The van der Waals surface area contributed by atoms with E-state index in [1.807, 2.05) is 6.07 Å². The molecule has 0 aliphatic rings. The third kappa shape index (κ3) is 2.95. The summed E-state index contributed by atoms with van der Waals surface area (Å²) in [5, 5.41) is 8.77. The van der Waals surface area contributed by atoms with Crippen molar-refractivity contribution in [2.75, 3.05) is 12.3 Å². The molecule has 2 N–H and O–H groups in total. The van der Waals surface area contributed by atoms with Crippen molar-refractivity contribution in [3.63, 3.8) is 0 Å². The maximum absolute atomic E-state index is 11.2. The molecule has 15 heavy (non-hydrogen) atoms. The molecule has 1 rings (SSSR count). The largest absolute Gasteiger partial charge is 0.466 e. The van der Waals surface area contributed by atoms with E-state index in [2.05, 4.69) is 4.98 Å².